The summed E-state index contributed by atoms with van der Waals surface area (Å²) in [6, 6.07) is 7.77. The van der Waals surface area contributed by atoms with Gasteiger partial charge in [0.05, 0.1) is 5.56 Å². The Morgan fingerprint density at radius 1 is 1.10 bits per heavy atom. The minimum absolute atomic E-state index is 0.340. The van der Waals surface area contributed by atoms with Crippen molar-refractivity contribution in [2.24, 2.45) is 4.99 Å². The first kappa shape index (κ1) is 14.0. The number of hydrogen-bond donors (Lipinski definition) is 0. The van der Waals surface area contributed by atoms with Crippen LogP contribution in [-0.4, -0.2) is 12.1 Å². The molecule has 0 heterocycles. The maximum atomic E-state index is 13.4. The van der Waals surface area contributed by atoms with Gasteiger partial charge in [0, 0.05) is 23.9 Å². The third-order valence-electron chi connectivity index (χ3n) is 2.73. The number of rotatable bonds is 2. The van der Waals surface area contributed by atoms with Crippen molar-refractivity contribution >= 4 is 12.1 Å². The molecule has 2 aromatic carbocycles. The lowest BCUT2D eigenvalue weighted by molar-refractivity contribution is 0.100. The molecule has 0 fully saturated rings. The van der Waals surface area contributed by atoms with Gasteiger partial charge in [0.15, 0.2) is 0 Å². The van der Waals surface area contributed by atoms with Crippen LogP contribution in [-0.2, 0) is 0 Å². The van der Waals surface area contributed by atoms with E-state index in [1.807, 2.05) is 0 Å². The van der Waals surface area contributed by atoms with E-state index in [4.69, 9.17) is 0 Å². The van der Waals surface area contributed by atoms with E-state index in [0.717, 1.165) is 6.21 Å². The molecular formula is C15H10F3NO. The molecule has 2 rings (SSSR count). The molecule has 5 heteroatoms. The van der Waals surface area contributed by atoms with Gasteiger partial charge in [-0.3, -0.25) is 4.79 Å². The van der Waals surface area contributed by atoms with Gasteiger partial charge in [-0.15, -0.1) is 0 Å². The SMILES string of the molecule is Cc1ccccc1C(=O)N=Cc1c(F)cc(F)cc1F. The maximum absolute atomic E-state index is 13.4. The second-order valence-corrected chi connectivity index (χ2v) is 4.16. The topological polar surface area (TPSA) is 29.4 Å². The van der Waals surface area contributed by atoms with E-state index in [1.165, 1.54) is 0 Å². The standard InChI is InChI=1S/C15H10F3NO/c1-9-4-2-3-5-11(9)15(20)19-8-12-13(17)6-10(16)7-14(12)18/h2-8H,1H3. The summed E-state index contributed by atoms with van der Waals surface area (Å²) in [5.41, 5.74) is 0.495. The number of hydrogen-bond acceptors (Lipinski definition) is 1. The Kier molecular flexibility index (Phi) is 3.98. The zero-order valence-corrected chi connectivity index (χ0v) is 10.5. The molecule has 0 atom stereocenters. The highest BCUT2D eigenvalue weighted by Gasteiger charge is 2.11. The Morgan fingerprint density at radius 2 is 1.70 bits per heavy atom. The van der Waals surface area contributed by atoms with Crippen LogP contribution in [0.25, 0.3) is 0 Å². The molecule has 0 radical (unpaired) electrons. The van der Waals surface area contributed by atoms with Crippen LogP contribution < -0.4 is 0 Å². The normalized spacial score (nSPS) is 11.0. The molecule has 0 aromatic heterocycles. The summed E-state index contributed by atoms with van der Waals surface area (Å²) in [5.74, 6) is -3.86. The molecule has 0 aliphatic carbocycles. The van der Waals surface area contributed by atoms with E-state index >= 15 is 0 Å². The van der Waals surface area contributed by atoms with E-state index in [9.17, 15) is 18.0 Å². The first-order valence-corrected chi connectivity index (χ1v) is 5.77. The number of aryl methyl sites for hydroxylation is 1. The van der Waals surface area contributed by atoms with Crippen molar-refractivity contribution in [2.45, 2.75) is 6.92 Å². The minimum atomic E-state index is -1.11. The van der Waals surface area contributed by atoms with Crippen LogP contribution in [0.3, 0.4) is 0 Å². The van der Waals surface area contributed by atoms with Gasteiger partial charge < -0.3 is 0 Å². The zero-order chi connectivity index (χ0) is 14.7. The molecule has 2 nitrogen and oxygen atoms in total. The molecule has 20 heavy (non-hydrogen) atoms. The predicted octanol–water partition coefficient (Wildman–Crippen LogP) is 3.67. The van der Waals surface area contributed by atoms with E-state index in [1.54, 1.807) is 31.2 Å². The van der Waals surface area contributed by atoms with Gasteiger partial charge in [-0.2, -0.15) is 0 Å². The largest absolute Gasteiger partial charge is 0.277 e. The van der Waals surface area contributed by atoms with E-state index in [-0.39, 0.29) is 0 Å². The highest BCUT2D eigenvalue weighted by Crippen LogP contribution is 2.13. The summed E-state index contributed by atoms with van der Waals surface area (Å²) in [4.78, 5) is 15.3. The zero-order valence-electron chi connectivity index (χ0n) is 10.5. The first-order valence-electron chi connectivity index (χ1n) is 5.77. The van der Waals surface area contributed by atoms with Crippen LogP contribution in [0, 0.1) is 24.4 Å². The average Bonchev–Trinajstić information content (AvgIpc) is 2.37. The number of carbonyl (C=O) groups excluding carboxylic acids is 1. The van der Waals surface area contributed by atoms with Gasteiger partial charge in [0.1, 0.15) is 17.5 Å². The smallest absolute Gasteiger partial charge is 0.267 e. The van der Waals surface area contributed by atoms with Gasteiger partial charge in [-0.25, -0.2) is 18.2 Å². The fraction of sp³-hybridized carbons (Fsp3) is 0.0667. The molecule has 0 bridgehead atoms. The quantitative estimate of drug-likeness (QED) is 0.770. The summed E-state index contributed by atoms with van der Waals surface area (Å²) < 4.78 is 39.5. The third-order valence-corrected chi connectivity index (χ3v) is 2.73. The molecule has 0 unspecified atom stereocenters. The first-order chi connectivity index (χ1) is 9.49. The monoisotopic (exact) mass is 277 g/mol. The van der Waals surface area contributed by atoms with Crippen LogP contribution in [0.5, 0.6) is 0 Å². The maximum Gasteiger partial charge on any atom is 0.277 e. The lowest BCUT2D eigenvalue weighted by Crippen LogP contribution is -2.01. The molecule has 0 spiro atoms. The lowest BCUT2D eigenvalue weighted by atomic mass is 10.1. The highest BCUT2D eigenvalue weighted by molar-refractivity contribution is 6.02. The number of carbonyl (C=O) groups is 1. The van der Waals surface area contributed by atoms with E-state index in [2.05, 4.69) is 4.99 Å². The van der Waals surface area contributed by atoms with Crippen molar-refractivity contribution in [3.05, 3.63) is 70.5 Å². The van der Waals surface area contributed by atoms with Gasteiger partial charge in [0.2, 0.25) is 0 Å². The predicted molar refractivity (Wildman–Crippen MR) is 69.4 cm³/mol. The van der Waals surface area contributed by atoms with E-state index in [0.29, 0.717) is 23.3 Å². The van der Waals surface area contributed by atoms with Crippen LogP contribution in [0.15, 0.2) is 41.4 Å². The number of benzene rings is 2. The van der Waals surface area contributed by atoms with Gasteiger partial charge in [0.25, 0.3) is 5.91 Å². The average molecular weight is 277 g/mol. The molecule has 0 saturated carbocycles. The number of nitrogens with zero attached hydrogens (tertiary/aromatic N) is 1. The highest BCUT2D eigenvalue weighted by atomic mass is 19.1. The number of amides is 1. The Morgan fingerprint density at radius 3 is 2.30 bits per heavy atom. The third kappa shape index (κ3) is 2.93. The van der Waals surface area contributed by atoms with Crippen molar-refractivity contribution in [1.82, 2.24) is 0 Å². The van der Waals surface area contributed by atoms with Crippen LogP contribution in [0.4, 0.5) is 13.2 Å². The molecule has 0 aliphatic rings. The van der Waals surface area contributed by atoms with Crippen LogP contribution in [0.2, 0.25) is 0 Å². The fourth-order valence-electron chi connectivity index (χ4n) is 1.68. The van der Waals surface area contributed by atoms with Gasteiger partial charge >= 0.3 is 0 Å². The second kappa shape index (κ2) is 5.69. The number of halogens is 3. The van der Waals surface area contributed by atoms with Crippen molar-refractivity contribution in [3.63, 3.8) is 0 Å². The fourth-order valence-corrected chi connectivity index (χ4v) is 1.68. The summed E-state index contributed by atoms with van der Waals surface area (Å²) in [6.07, 6.45) is 0.763. The molecule has 0 saturated heterocycles. The van der Waals surface area contributed by atoms with Crippen molar-refractivity contribution in [1.29, 1.82) is 0 Å². The van der Waals surface area contributed by atoms with Crippen LogP contribution >= 0.6 is 0 Å². The summed E-state index contributed by atoms with van der Waals surface area (Å²) in [5, 5.41) is 0. The van der Waals surface area contributed by atoms with Crippen molar-refractivity contribution in [2.75, 3.05) is 0 Å². The van der Waals surface area contributed by atoms with Crippen molar-refractivity contribution < 1.29 is 18.0 Å². The lowest BCUT2D eigenvalue weighted by Gasteiger charge is -2.01. The number of aliphatic imine (C=N–C) groups is 1. The van der Waals surface area contributed by atoms with Crippen molar-refractivity contribution in [3.8, 4) is 0 Å². The van der Waals surface area contributed by atoms with Crippen LogP contribution in [0.1, 0.15) is 21.5 Å². The van der Waals surface area contributed by atoms with E-state index < -0.39 is 28.9 Å². The summed E-state index contributed by atoms with van der Waals surface area (Å²) in [6.45, 7) is 1.72. The Hall–Kier alpha value is -2.43. The second-order valence-electron chi connectivity index (χ2n) is 4.16. The Balaban J connectivity index is 2.31. The van der Waals surface area contributed by atoms with Gasteiger partial charge in [-0.1, -0.05) is 18.2 Å². The molecule has 2 aromatic rings. The minimum Gasteiger partial charge on any atom is -0.267 e. The molecule has 102 valence electrons. The molecule has 0 N–H and O–H groups in total. The Bertz CT molecular complexity index is 672. The Labute approximate surface area is 113 Å². The summed E-state index contributed by atoms with van der Waals surface area (Å²) >= 11 is 0. The molecule has 0 aliphatic heterocycles. The van der Waals surface area contributed by atoms with Gasteiger partial charge in [-0.05, 0) is 18.6 Å². The summed E-state index contributed by atoms with van der Waals surface area (Å²) in [7, 11) is 0. The molecule has 1 amide bonds. The molecular weight excluding hydrogens is 267 g/mol.